The van der Waals surface area contributed by atoms with E-state index < -0.39 is 29.3 Å². The van der Waals surface area contributed by atoms with E-state index in [-0.39, 0.29) is 29.8 Å². The van der Waals surface area contributed by atoms with Crippen LogP contribution in [0.3, 0.4) is 0 Å². The molecule has 4 amide bonds. The number of aliphatic hydroxyl groups is 1. The summed E-state index contributed by atoms with van der Waals surface area (Å²) in [6, 6.07) is -0.408. The Kier molecular flexibility index (Phi) is 8.27. The third-order valence-electron chi connectivity index (χ3n) is 9.26. The van der Waals surface area contributed by atoms with E-state index in [2.05, 4.69) is 12.2 Å². The number of carbonyl (C=O) groups excluding carboxylic acids is 4. The molecule has 0 radical (unpaired) electrons. The molecule has 0 aromatic heterocycles. The van der Waals surface area contributed by atoms with Crippen LogP contribution in [0.15, 0.2) is 46.9 Å². The van der Waals surface area contributed by atoms with E-state index >= 15 is 0 Å². The Labute approximate surface area is 260 Å². The molecule has 2 saturated carbocycles. The monoisotopic (exact) mass is 609 g/mol. The fraction of sp³-hybridized carbons (Fsp3) is 0.647. The first-order chi connectivity index (χ1) is 20.5. The first-order valence-corrected chi connectivity index (χ1v) is 15.8. The smallest absolute Gasteiger partial charge is 0.417 e. The maximum atomic E-state index is 12.9. The molecule has 240 valence electrons. The van der Waals surface area contributed by atoms with Gasteiger partial charge in [-0.25, -0.2) is 19.4 Å². The van der Waals surface area contributed by atoms with Gasteiger partial charge < -0.3 is 19.5 Å². The van der Waals surface area contributed by atoms with Crippen molar-refractivity contribution in [2.45, 2.75) is 103 Å². The summed E-state index contributed by atoms with van der Waals surface area (Å²) in [6.45, 7) is 10.8. The lowest BCUT2D eigenvalue weighted by Crippen LogP contribution is -2.43. The SMILES string of the molecule is CC(C)(C)OC(=O)N1C(=O)/C(=C/O)[C@H]2C[C@@H]3CCC=C3[C@H]21.CN(C)/C=C1/C(=O)N(C(=O)OC(C)(C)C)[C@@H]2C3=CCC[C@H]3C[C@H]12. The zero-order valence-corrected chi connectivity index (χ0v) is 27.3. The van der Waals surface area contributed by atoms with Gasteiger partial charge in [-0.15, -0.1) is 0 Å². The number of carbonyl (C=O) groups is 4. The standard InChI is InChI=1S/C18H26N2O3.C16H21NO4/c1-18(2,3)23-17(22)20-15-12-8-6-7-11(12)9-13(15)14(16(20)21)10-19(4)5;1-16(2,3)21-15(20)17-13-10-6-4-5-9(10)7-11(13)12(8-18)14(17)19/h8,10-11,13,15H,6-7,9H2,1-5H3;6,8-9,11,13,18H,4-5,7H2,1-3H3/b14-10+;12-8+/t11-,13+,15+;9-,11+,13+/m00/s1. The third kappa shape index (κ3) is 5.79. The number of amides is 4. The summed E-state index contributed by atoms with van der Waals surface area (Å²) < 4.78 is 10.9. The Bertz CT molecular complexity index is 1360. The normalized spacial score (nSPS) is 32.2. The minimum atomic E-state index is -0.652. The van der Waals surface area contributed by atoms with Crippen LogP contribution in [0.25, 0.3) is 0 Å². The number of fused-ring (bicyclic) bond motifs is 6. The number of imide groups is 2. The molecule has 4 fully saturated rings. The van der Waals surface area contributed by atoms with Crippen LogP contribution in [0.1, 0.15) is 80.1 Å². The Morgan fingerprint density at radius 2 is 1.20 bits per heavy atom. The fourth-order valence-corrected chi connectivity index (χ4v) is 7.83. The molecule has 2 aliphatic heterocycles. The van der Waals surface area contributed by atoms with E-state index in [4.69, 9.17) is 9.47 Å². The van der Waals surface area contributed by atoms with E-state index in [1.165, 1.54) is 15.4 Å². The van der Waals surface area contributed by atoms with Gasteiger partial charge in [0.25, 0.3) is 11.8 Å². The molecule has 6 rings (SSSR count). The number of hydrogen-bond acceptors (Lipinski definition) is 8. The molecule has 0 spiro atoms. The van der Waals surface area contributed by atoms with E-state index in [1.807, 2.05) is 46.0 Å². The van der Waals surface area contributed by atoms with Crippen molar-refractivity contribution in [1.29, 1.82) is 0 Å². The van der Waals surface area contributed by atoms with Crippen molar-refractivity contribution >= 4 is 24.0 Å². The third-order valence-corrected chi connectivity index (χ3v) is 9.26. The van der Waals surface area contributed by atoms with E-state index in [0.717, 1.165) is 55.9 Å². The lowest BCUT2D eigenvalue weighted by molar-refractivity contribution is -0.126. The quantitative estimate of drug-likeness (QED) is 0.223. The highest BCUT2D eigenvalue weighted by Gasteiger charge is 2.57. The van der Waals surface area contributed by atoms with Crippen LogP contribution in [-0.2, 0) is 19.1 Å². The molecule has 0 aromatic rings. The number of ether oxygens (including phenoxy) is 2. The van der Waals surface area contributed by atoms with Crippen molar-refractivity contribution in [2.75, 3.05) is 14.1 Å². The molecule has 4 aliphatic carbocycles. The van der Waals surface area contributed by atoms with Gasteiger partial charge in [0, 0.05) is 37.7 Å². The summed E-state index contributed by atoms with van der Waals surface area (Å²) in [6.07, 6.45) is 12.0. The van der Waals surface area contributed by atoms with Crippen LogP contribution < -0.4 is 0 Å². The van der Waals surface area contributed by atoms with Crippen LogP contribution in [0, 0.1) is 23.7 Å². The van der Waals surface area contributed by atoms with E-state index in [1.54, 1.807) is 20.8 Å². The maximum Gasteiger partial charge on any atom is 0.417 e. The fourth-order valence-electron chi connectivity index (χ4n) is 7.83. The van der Waals surface area contributed by atoms with Crippen molar-refractivity contribution in [1.82, 2.24) is 14.7 Å². The van der Waals surface area contributed by atoms with Gasteiger partial charge in [-0.1, -0.05) is 12.2 Å². The summed E-state index contributed by atoms with van der Waals surface area (Å²) in [5, 5.41) is 9.40. The molecule has 10 nitrogen and oxygen atoms in total. The van der Waals surface area contributed by atoms with Crippen molar-refractivity contribution in [2.24, 2.45) is 23.7 Å². The zero-order chi connectivity index (χ0) is 32.3. The van der Waals surface area contributed by atoms with Crippen LogP contribution in [0.2, 0.25) is 0 Å². The average Bonchev–Trinajstić information content (AvgIpc) is 3.69. The Morgan fingerprint density at radius 3 is 1.59 bits per heavy atom. The second-order valence-electron chi connectivity index (χ2n) is 15.0. The van der Waals surface area contributed by atoms with Crippen LogP contribution in [-0.4, -0.2) is 81.2 Å². The Hall–Kier alpha value is -3.56. The van der Waals surface area contributed by atoms with Crippen molar-refractivity contribution in [3.05, 3.63) is 46.9 Å². The van der Waals surface area contributed by atoms with Gasteiger partial charge in [0.2, 0.25) is 0 Å². The molecule has 2 saturated heterocycles. The second kappa shape index (κ2) is 11.4. The molecule has 2 heterocycles. The molecule has 0 unspecified atom stereocenters. The van der Waals surface area contributed by atoms with Gasteiger partial charge in [-0.2, -0.15) is 0 Å². The highest BCUT2D eigenvalue weighted by molar-refractivity contribution is 6.07. The molecule has 0 bridgehead atoms. The number of hydrogen-bond donors (Lipinski definition) is 1. The second-order valence-corrected chi connectivity index (χ2v) is 15.0. The summed E-state index contributed by atoms with van der Waals surface area (Å²) in [7, 11) is 3.81. The molecule has 6 aliphatic rings. The molecule has 6 atom stereocenters. The summed E-state index contributed by atoms with van der Waals surface area (Å²) in [5.41, 5.74) is 2.23. The van der Waals surface area contributed by atoms with Crippen LogP contribution in [0.5, 0.6) is 0 Å². The first-order valence-electron chi connectivity index (χ1n) is 15.8. The Balaban J connectivity index is 0.000000175. The molecular weight excluding hydrogens is 562 g/mol. The first kappa shape index (κ1) is 31.9. The van der Waals surface area contributed by atoms with Crippen molar-refractivity contribution < 1.29 is 33.8 Å². The number of allylic oxidation sites excluding steroid dienone is 2. The highest BCUT2D eigenvalue weighted by atomic mass is 16.6. The van der Waals surface area contributed by atoms with Gasteiger partial charge in [0.05, 0.1) is 23.9 Å². The predicted octanol–water partition coefficient (Wildman–Crippen LogP) is 5.86. The van der Waals surface area contributed by atoms with E-state index in [9.17, 15) is 24.3 Å². The minimum absolute atomic E-state index is 0.0911. The number of aliphatic hydroxyl groups excluding tert-OH is 1. The maximum absolute atomic E-state index is 12.9. The zero-order valence-electron chi connectivity index (χ0n) is 27.3. The van der Waals surface area contributed by atoms with Crippen LogP contribution >= 0.6 is 0 Å². The molecule has 1 N–H and O–H groups in total. The van der Waals surface area contributed by atoms with E-state index in [0.29, 0.717) is 17.4 Å². The summed E-state index contributed by atoms with van der Waals surface area (Å²) in [5.74, 6) is 0.323. The van der Waals surface area contributed by atoms with Gasteiger partial charge >= 0.3 is 12.2 Å². The number of likely N-dealkylation sites (tertiary alicyclic amines) is 2. The summed E-state index contributed by atoms with van der Waals surface area (Å²) >= 11 is 0. The Morgan fingerprint density at radius 1 is 0.795 bits per heavy atom. The number of rotatable bonds is 1. The lowest BCUT2D eigenvalue weighted by Gasteiger charge is -2.27. The molecule has 0 aromatic carbocycles. The highest BCUT2D eigenvalue weighted by Crippen LogP contribution is 2.53. The number of nitrogens with zero attached hydrogens (tertiary/aromatic N) is 3. The van der Waals surface area contributed by atoms with Crippen molar-refractivity contribution in [3.8, 4) is 0 Å². The van der Waals surface area contributed by atoms with Gasteiger partial charge in [-0.3, -0.25) is 9.59 Å². The lowest BCUT2D eigenvalue weighted by atomic mass is 9.96. The topological polar surface area (TPSA) is 117 Å². The minimum Gasteiger partial charge on any atom is -0.515 e. The van der Waals surface area contributed by atoms with Crippen molar-refractivity contribution in [3.63, 3.8) is 0 Å². The molecular formula is C34H47N3O7. The largest absolute Gasteiger partial charge is 0.515 e. The van der Waals surface area contributed by atoms with Gasteiger partial charge in [0.1, 0.15) is 11.2 Å². The van der Waals surface area contributed by atoms with Crippen LogP contribution in [0.4, 0.5) is 9.59 Å². The average molecular weight is 610 g/mol. The predicted molar refractivity (Wildman–Crippen MR) is 164 cm³/mol. The van der Waals surface area contributed by atoms with Gasteiger partial charge in [0.15, 0.2) is 0 Å². The summed E-state index contributed by atoms with van der Waals surface area (Å²) in [4.78, 5) is 54.8. The molecule has 44 heavy (non-hydrogen) atoms. The molecule has 10 heteroatoms. The van der Waals surface area contributed by atoms with Gasteiger partial charge in [-0.05, 0) is 103 Å².